The Kier molecular flexibility index (Phi) is 4.19. The Morgan fingerprint density at radius 3 is 2.56 bits per heavy atom. The first kappa shape index (κ1) is 13.3. The molecule has 0 atom stereocenters. The van der Waals surface area contributed by atoms with Crippen molar-refractivity contribution in [2.24, 2.45) is 0 Å². The van der Waals surface area contributed by atoms with Gasteiger partial charge < -0.3 is 10.6 Å². The van der Waals surface area contributed by atoms with E-state index in [2.05, 4.69) is 23.9 Å². The van der Waals surface area contributed by atoms with Gasteiger partial charge in [0.05, 0.1) is 0 Å². The molecule has 4 heteroatoms. The molecule has 100 valence electrons. The highest BCUT2D eigenvalue weighted by Crippen LogP contribution is 2.19. The first-order valence-corrected chi connectivity index (χ1v) is 6.49. The van der Waals surface area contributed by atoms with E-state index in [0.29, 0.717) is 18.3 Å². The minimum absolute atomic E-state index is 0.190. The van der Waals surface area contributed by atoms with E-state index < -0.39 is 0 Å². The molecule has 0 radical (unpaired) electrons. The Hall–Kier alpha value is -1.13. The molecule has 2 N–H and O–H groups in total. The van der Waals surface area contributed by atoms with Crippen molar-refractivity contribution >= 4 is 5.69 Å². The third kappa shape index (κ3) is 3.21. The quantitative estimate of drug-likeness (QED) is 0.833. The van der Waals surface area contributed by atoms with E-state index in [9.17, 15) is 4.39 Å². The van der Waals surface area contributed by atoms with Crippen molar-refractivity contribution in [1.82, 2.24) is 9.80 Å². The van der Waals surface area contributed by atoms with Crippen LogP contribution in [0.1, 0.15) is 18.4 Å². The van der Waals surface area contributed by atoms with Crippen LogP contribution >= 0.6 is 0 Å². The summed E-state index contributed by atoms with van der Waals surface area (Å²) in [4.78, 5) is 4.59. The number of piperidine rings is 1. The molecular weight excluding hydrogens is 229 g/mol. The lowest BCUT2D eigenvalue weighted by molar-refractivity contribution is 0.139. The number of hydrogen-bond donors (Lipinski definition) is 1. The van der Waals surface area contributed by atoms with Gasteiger partial charge in [0.2, 0.25) is 0 Å². The van der Waals surface area contributed by atoms with Crippen molar-refractivity contribution in [2.45, 2.75) is 25.4 Å². The molecule has 18 heavy (non-hydrogen) atoms. The van der Waals surface area contributed by atoms with Crippen molar-refractivity contribution in [1.29, 1.82) is 0 Å². The number of anilines is 1. The van der Waals surface area contributed by atoms with Gasteiger partial charge in [0, 0.05) is 23.8 Å². The molecule has 0 bridgehead atoms. The summed E-state index contributed by atoms with van der Waals surface area (Å²) in [5.74, 6) is -0.190. The zero-order valence-corrected chi connectivity index (χ0v) is 11.2. The van der Waals surface area contributed by atoms with Gasteiger partial charge in [0.1, 0.15) is 5.82 Å². The molecule has 0 spiro atoms. The van der Waals surface area contributed by atoms with Gasteiger partial charge in [0.15, 0.2) is 0 Å². The normalized spacial score (nSPS) is 18.4. The maximum Gasteiger partial charge on any atom is 0.129 e. The largest absolute Gasteiger partial charge is 0.399 e. The lowest BCUT2D eigenvalue weighted by Crippen LogP contribution is -2.41. The predicted octanol–water partition coefficient (Wildman–Crippen LogP) is 1.93. The third-order valence-corrected chi connectivity index (χ3v) is 3.76. The van der Waals surface area contributed by atoms with Crippen LogP contribution in [0.25, 0.3) is 0 Å². The molecule has 1 aliphatic rings. The van der Waals surface area contributed by atoms with Gasteiger partial charge in [-0.05, 0) is 52.2 Å². The summed E-state index contributed by atoms with van der Waals surface area (Å²) < 4.78 is 13.7. The smallest absolute Gasteiger partial charge is 0.129 e. The summed E-state index contributed by atoms with van der Waals surface area (Å²) in [5.41, 5.74) is 6.78. The van der Waals surface area contributed by atoms with Crippen molar-refractivity contribution in [3.8, 4) is 0 Å². The lowest BCUT2D eigenvalue weighted by atomic mass is 10.0. The number of likely N-dealkylation sites (tertiary alicyclic amines) is 1. The Bertz CT molecular complexity index is 398. The topological polar surface area (TPSA) is 32.5 Å². The zero-order chi connectivity index (χ0) is 13.1. The average Bonchev–Trinajstić information content (AvgIpc) is 2.33. The molecule has 0 unspecified atom stereocenters. The number of halogens is 1. The molecule has 1 saturated heterocycles. The van der Waals surface area contributed by atoms with Gasteiger partial charge in [-0.15, -0.1) is 0 Å². The molecule has 1 aromatic rings. The number of hydrogen-bond acceptors (Lipinski definition) is 3. The summed E-state index contributed by atoms with van der Waals surface area (Å²) in [5, 5.41) is 0. The van der Waals surface area contributed by atoms with Gasteiger partial charge in [0.25, 0.3) is 0 Å². The van der Waals surface area contributed by atoms with Crippen molar-refractivity contribution < 1.29 is 4.39 Å². The van der Waals surface area contributed by atoms with Crippen LogP contribution in [0.15, 0.2) is 18.2 Å². The molecule has 1 aromatic carbocycles. The van der Waals surface area contributed by atoms with E-state index in [1.165, 1.54) is 6.07 Å². The Morgan fingerprint density at radius 2 is 2.00 bits per heavy atom. The van der Waals surface area contributed by atoms with Crippen LogP contribution in [0.5, 0.6) is 0 Å². The summed E-state index contributed by atoms with van der Waals surface area (Å²) in [7, 11) is 4.25. The fraction of sp³-hybridized carbons (Fsp3) is 0.571. The number of nitrogens with two attached hydrogens (primary N) is 1. The molecule has 0 amide bonds. The highest BCUT2D eigenvalue weighted by Gasteiger charge is 2.21. The van der Waals surface area contributed by atoms with Crippen LogP contribution in [0.4, 0.5) is 10.1 Å². The number of benzene rings is 1. The van der Waals surface area contributed by atoms with Gasteiger partial charge in [-0.1, -0.05) is 6.07 Å². The third-order valence-electron chi connectivity index (χ3n) is 3.76. The van der Waals surface area contributed by atoms with E-state index in [1.807, 2.05) is 0 Å². The second-order valence-electron chi connectivity index (χ2n) is 5.32. The Labute approximate surface area is 108 Å². The molecule has 0 aliphatic carbocycles. The Morgan fingerprint density at radius 1 is 1.33 bits per heavy atom. The minimum atomic E-state index is -0.190. The van der Waals surface area contributed by atoms with Crippen molar-refractivity contribution in [3.63, 3.8) is 0 Å². The summed E-state index contributed by atoms with van der Waals surface area (Å²) in [6.07, 6.45) is 2.31. The molecule has 2 rings (SSSR count). The molecule has 1 fully saturated rings. The van der Waals surface area contributed by atoms with Crippen LogP contribution in [-0.2, 0) is 6.54 Å². The second kappa shape index (κ2) is 5.67. The van der Waals surface area contributed by atoms with Crippen molar-refractivity contribution in [2.75, 3.05) is 32.9 Å². The van der Waals surface area contributed by atoms with Crippen LogP contribution < -0.4 is 5.73 Å². The van der Waals surface area contributed by atoms with E-state index >= 15 is 0 Å². The highest BCUT2D eigenvalue weighted by atomic mass is 19.1. The summed E-state index contributed by atoms with van der Waals surface area (Å²) in [6, 6.07) is 5.63. The first-order chi connectivity index (χ1) is 8.56. The van der Waals surface area contributed by atoms with Crippen LogP contribution in [0.3, 0.4) is 0 Å². The maximum atomic E-state index is 13.7. The predicted molar refractivity (Wildman–Crippen MR) is 72.8 cm³/mol. The number of nitrogens with zero attached hydrogens (tertiary/aromatic N) is 2. The Balaban J connectivity index is 1.91. The van der Waals surface area contributed by atoms with Gasteiger partial charge in [-0.25, -0.2) is 4.39 Å². The van der Waals surface area contributed by atoms with E-state index in [4.69, 9.17) is 5.73 Å². The standard InChI is InChI=1S/C14H22FN3/c1-17(2)13-5-7-18(8-6-13)10-11-3-4-12(16)9-14(11)15/h3-4,9,13H,5-8,10,16H2,1-2H3. The SMILES string of the molecule is CN(C)C1CCN(Cc2ccc(N)cc2F)CC1. The molecular formula is C14H22FN3. The fourth-order valence-electron chi connectivity index (χ4n) is 2.53. The van der Waals surface area contributed by atoms with E-state index in [0.717, 1.165) is 31.5 Å². The number of rotatable bonds is 3. The fourth-order valence-corrected chi connectivity index (χ4v) is 2.53. The first-order valence-electron chi connectivity index (χ1n) is 6.49. The van der Waals surface area contributed by atoms with Gasteiger partial charge >= 0.3 is 0 Å². The summed E-state index contributed by atoms with van der Waals surface area (Å²) in [6.45, 7) is 2.76. The van der Waals surface area contributed by atoms with Crippen LogP contribution in [0, 0.1) is 5.82 Å². The highest BCUT2D eigenvalue weighted by molar-refractivity contribution is 5.40. The molecule has 1 heterocycles. The monoisotopic (exact) mass is 251 g/mol. The molecule has 3 nitrogen and oxygen atoms in total. The van der Waals surface area contributed by atoms with Crippen LogP contribution in [0.2, 0.25) is 0 Å². The van der Waals surface area contributed by atoms with Crippen molar-refractivity contribution in [3.05, 3.63) is 29.6 Å². The molecule has 1 aliphatic heterocycles. The minimum Gasteiger partial charge on any atom is -0.399 e. The van der Waals surface area contributed by atoms with Gasteiger partial charge in [-0.3, -0.25) is 4.90 Å². The van der Waals surface area contributed by atoms with Gasteiger partial charge in [-0.2, -0.15) is 0 Å². The zero-order valence-electron chi connectivity index (χ0n) is 11.2. The molecule has 0 aromatic heterocycles. The second-order valence-corrected chi connectivity index (χ2v) is 5.32. The maximum absolute atomic E-state index is 13.7. The van der Waals surface area contributed by atoms with E-state index in [1.54, 1.807) is 12.1 Å². The molecule has 0 saturated carbocycles. The lowest BCUT2D eigenvalue weighted by Gasteiger charge is -2.35. The number of nitrogen functional groups attached to an aromatic ring is 1. The van der Waals surface area contributed by atoms with E-state index in [-0.39, 0.29) is 5.82 Å². The van der Waals surface area contributed by atoms with Crippen LogP contribution in [-0.4, -0.2) is 43.0 Å². The summed E-state index contributed by atoms with van der Waals surface area (Å²) >= 11 is 0. The average molecular weight is 251 g/mol.